The molecule has 0 heterocycles. The summed E-state index contributed by atoms with van der Waals surface area (Å²) in [6.07, 6.45) is 1.01. The molecule has 0 N–H and O–H groups in total. The Balaban J connectivity index is 2.22. The fraction of sp³-hybridized carbons (Fsp3) is 0.182. The van der Waals surface area contributed by atoms with E-state index in [-0.39, 0.29) is 0 Å². The standard InChI is InChI=1S/C22H20O/c1-3-12-23-22-19-10-5-4-8-16(19)14-17-13-15(2)18-9-6-7-11-20(18)21(17)22/h4-11,13-14H,3,12H2,1-2H3. The van der Waals surface area contributed by atoms with Gasteiger partial charge in [-0.05, 0) is 46.5 Å². The molecule has 23 heavy (non-hydrogen) atoms. The van der Waals surface area contributed by atoms with Crippen LogP contribution in [0.1, 0.15) is 18.9 Å². The molecule has 4 aromatic carbocycles. The molecule has 0 aliphatic heterocycles. The summed E-state index contributed by atoms with van der Waals surface area (Å²) < 4.78 is 6.23. The molecule has 4 aromatic rings. The van der Waals surface area contributed by atoms with E-state index in [1.54, 1.807) is 0 Å². The normalized spacial score (nSPS) is 11.4. The second kappa shape index (κ2) is 5.58. The molecule has 0 atom stereocenters. The van der Waals surface area contributed by atoms with Gasteiger partial charge in [-0.15, -0.1) is 0 Å². The van der Waals surface area contributed by atoms with E-state index in [0.29, 0.717) is 0 Å². The van der Waals surface area contributed by atoms with Gasteiger partial charge in [0.15, 0.2) is 0 Å². The molecule has 0 amide bonds. The molecule has 1 heteroatoms. The van der Waals surface area contributed by atoms with Gasteiger partial charge in [0.1, 0.15) is 5.75 Å². The second-order valence-corrected chi connectivity index (χ2v) is 6.11. The first kappa shape index (κ1) is 14.1. The highest BCUT2D eigenvalue weighted by atomic mass is 16.5. The van der Waals surface area contributed by atoms with Crippen molar-refractivity contribution in [1.29, 1.82) is 0 Å². The van der Waals surface area contributed by atoms with Crippen LogP contribution in [0.3, 0.4) is 0 Å². The van der Waals surface area contributed by atoms with E-state index in [0.717, 1.165) is 18.8 Å². The van der Waals surface area contributed by atoms with Gasteiger partial charge in [-0.25, -0.2) is 0 Å². The minimum Gasteiger partial charge on any atom is -0.492 e. The highest BCUT2D eigenvalue weighted by molar-refractivity contribution is 6.17. The Labute approximate surface area is 136 Å². The SMILES string of the molecule is CCCOc1c2ccccc2cc2cc(C)c3ccccc3c12. The Morgan fingerprint density at radius 1 is 0.783 bits per heavy atom. The number of fused-ring (bicyclic) bond motifs is 4. The minimum atomic E-state index is 0.741. The zero-order valence-corrected chi connectivity index (χ0v) is 13.6. The summed E-state index contributed by atoms with van der Waals surface area (Å²) >= 11 is 0. The van der Waals surface area contributed by atoms with Gasteiger partial charge in [0.2, 0.25) is 0 Å². The van der Waals surface area contributed by atoms with Gasteiger partial charge < -0.3 is 4.74 Å². The average molecular weight is 300 g/mol. The molecule has 0 unspecified atom stereocenters. The van der Waals surface area contributed by atoms with Crippen LogP contribution >= 0.6 is 0 Å². The number of rotatable bonds is 3. The third-order valence-corrected chi connectivity index (χ3v) is 4.48. The molecule has 0 bridgehead atoms. The molecular weight excluding hydrogens is 280 g/mol. The summed E-state index contributed by atoms with van der Waals surface area (Å²) in [6.45, 7) is 5.07. The molecule has 1 nitrogen and oxygen atoms in total. The van der Waals surface area contributed by atoms with Gasteiger partial charge in [0.05, 0.1) is 6.61 Å². The van der Waals surface area contributed by atoms with Crippen molar-refractivity contribution in [1.82, 2.24) is 0 Å². The van der Waals surface area contributed by atoms with Crippen LogP contribution in [0, 0.1) is 6.92 Å². The van der Waals surface area contributed by atoms with Crippen molar-refractivity contribution in [2.24, 2.45) is 0 Å². The Bertz CT molecular complexity index is 1010. The third kappa shape index (κ3) is 2.24. The maximum atomic E-state index is 6.23. The molecule has 0 fully saturated rings. The summed E-state index contributed by atoms with van der Waals surface area (Å²) in [5, 5.41) is 7.50. The number of aryl methyl sites for hydroxylation is 1. The van der Waals surface area contributed by atoms with Gasteiger partial charge in [0, 0.05) is 10.8 Å². The lowest BCUT2D eigenvalue weighted by Crippen LogP contribution is -1.97. The maximum absolute atomic E-state index is 6.23. The van der Waals surface area contributed by atoms with Gasteiger partial charge in [-0.1, -0.05) is 61.5 Å². The van der Waals surface area contributed by atoms with Crippen molar-refractivity contribution in [3.63, 3.8) is 0 Å². The maximum Gasteiger partial charge on any atom is 0.135 e. The van der Waals surface area contributed by atoms with Crippen LogP contribution in [0.5, 0.6) is 5.75 Å². The fourth-order valence-corrected chi connectivity index (χ4v) is 3.44. The second-order valence-electron chi connectivity index (χ2n) is 6.11. The molecule has 114 valence electrons. The first-order valence-electron chi connectivity index (χ1n) is 8.26. The lowest BCUT2D eigenvalue weighted by Gasteiger charge is -2.16. The molecule has 0 radical (unpaired) electrons. The first-order chi connectivity index (χ1) is 11.3. The Morgan fingerprint density at radius 2 is 1.48 bits per heavy atom. The summed E-state index contributed by atoms with van der Waals surface area (Å²) in [5.41, 5.74) is 1.31. The van der Waals surface area contributed by atoms with E-state index in [1.807, 2.05) is 0 Å². The summed E-state index contributed by atoms with van der Waals surface area (Å²) in [6, 6.07) is 21.7. The van der Waals surface area contributed by atoms with Gasteiger partial charge >= 0.3 is 0 Å². The highest BCUT2D eigenvalue weighted by Crippen LogP contribution is 2.40. The monoisotopic (exact) mass is 300 g/mol. The number of ether oxygens (including phenoxy) is 1. The number of hydrogen-bond acceptors (Lipinski definition) is 1. The van der Waals surface area contributed by atoms with Crippen LogP contribution in [0.4, 0.5) is 0 Å². The van der Waals surface area contributed by atoms with E-state index in [1.165, 1.54) is 37.9 Å². The number of hydrogen-bond donors (Lipinski definition) is 0. The molecule has 0 aliphatic rings. The van der Waals surface area contributed by atoms with Crippen molar-refractivity contribution >= 4 is 32.3 Å². The van der Waals surface area contributed by atoms with E-state index in [9.17, 15) is 0 Å². The first-order valence-corrected chi connectivity index (χ1v) is 8.26. The molecule has 0 spiro atoms. The molecule has 0 saturated carbocycles. The summed E-state index contributed by atoms with van der Waals surface area (Å²) in [7, 11) is 0. The summed E-state index contributed by atoms with van der Waals surface area (Å²) in [5.74, 6) is 1.02. The van der Waals surface area contributed by atoms with Gasteiger partial charge in [0.25, 0.3) is 0 Å². The number of benzene rings is 4. The van der Waals surface area contributed by atoms with Crippen LogP contribution in [0.15, 0.2) is 60.7 Å². The van der Waals surface area contributed by atoms with Gasteiger partial charge in [-0.2, -0.15) is 0 Å². The summed E-state index contributed by atoms with van der Waals surface area (Å²) in [4.78, 5) is 0. The van der Waals surface area contributed by atoms with Crippen molar-refractivity contribution in [3.8, 4) is 5.75 Å². The molecule has 0 aliphatic carbocycles. The quantitative estimate of drug-likeness (QED) is 0.321. The van der Waals surface area contributed by atoms with Gasteiger partial charge in [-0.3, -0.25) is 0 Å². The van der Waals surface area contributed by atoms with E-state index >= 15 is 0 Å². The lowest BCUT2D eigenvalue weighted by atomic mass is 9.94. The van der Waals surface area contributed by atoms with Crippen LogP contribution in [-0.4, -0.2) is 6.61 Å². The van der Waals surface area contributed by atoms with Crippen LogP contribution in [0.2, 0.25) is 0 Å². The topological polar surface area (TPSA) is 9.23 Å². The predicted molar refractivity (Wildman–Crippen MR) is 99.5 cm³/mol. The van der Waals surface area contributed by atoms with Crippen molar-refractivity contribution < 1.29 is 4.74 Å². The Hall–Kier alpha value is -2.54. The molecule has 0 saturated heterocycles. The molecule has 4 rings (SSSR count). The zero-order chi connectivity index (χ0) is 15.8. The van der Waals surface area contributed by atoms with Crippen LogP contribution in [0.25, 0.3) is 32.3 Å². The molecule has 0 aromatic heterocycles. The molecular formula is C22H20O. The van der Waals surface area contributed by atoms with Crippen LogP contribution in [-0.2, 0) is 0 Å². The van der Waals surface area contributed by atoms with Crippen molar-refractivity contribution in [2.75, 3.05) is 6.61 Å². The van der Waals surface area contributed by atoms with Crippen molar-refractivity contribution in [3.05, 3.63) is 66.2 Å². The lowest BCUT2D eigenvalue weighted by molar-refractivity contribution is 0.325. The van der Waals surface area contributed by atoms with E-state index in [4.69, 9.17) is 4.74 Å². The highest BCUT2D eigenvalue weighted by Gasteiger charge is 2.13. The average Bonchev–Trinajstić information content (AvgIpc) is 2.59. The van der Waals surface area contributed by atoms with Crippen molar-refractivity contribution in [2.45, 2.75) is 20.3 Å². The fourth-order valence-electron chi connectivity index (χ4n) is 3.44. The zero-order valence-electron chi connectivity index (χ0n) is 13.6. The van der Waals surface area contributed by atoms with E-state index < -0.39 is 0 Å². The third-order valence-electron chi connectivity index (χ3n) is 4.48. The Morgan fingerprint density at radius 3 is 2.26 bits per heavy atom. The predicted octanol–water partition coefficient (Wildman–Crippen LogP) is 6.24. The van der Waals surface area contributed by atoms with Crippen LogP contribution < -0.4 is 4.74 Å². The minimum absolute atomic E-state index is 0.741. The largest absolute Gasteiger partial charge is 0.492 e. The Kier molecular flexibility index (Phi) is 3.42. The smallest absolute Gasteiger partial charge is 0.135 e. The van der Waals surface area contributed by atoms with E-state index in [2.05, 4.69) is 74.5 Å².